The first kappa shape index (κ1) is 15.6. The zero-order valence-electron chi connectivity index (χ0n) is 13.8. The molecule has 0 bridgehead atoms. The highest BCUT2D eigenvalue weighted by atomic mass is 16.2. The van der Waals surface area contributed by atoms with Gasteiger partial charge in [-0.25, -0.2) is 0 Å². The van der Waals surface area contributed by atoms with E-state index in [9.17, 15) is 9.59 Å². The summed E-state index contributed by atoms with van der Waals surface area (Å²) in [7, 11) is 0. The van der Waals surface area contributed by atoms with Gasteiger partial charge in [0.2, 0.25) is 11.8 Å². The number of rotatable bonds is 4. The predicted molar refractivity (Wildman–Crippen MR) is 86.1 cm³/mol. The SMILES string of the molecule is O=C(CN1CCn2c(nnc2C2CC2)C1)N[C@@H]1CCCCNC1=O. The van der Waals surface area contributed by atoms with Crippen molar-refractivity contribution in [3.05, 3.63) is 11.6 Å². The number of carbonyl (C=O) groups is 2. The minimum atomic E-state index is -0.394. The van der Waals surface area contributed by atoms with Crippen molar-refractivity contribution in [1.82, 2.24) is 30.3 Å². The molecule has 24 heavy (non-hydrogen) atoms. The van der Waals surface area contributed by atoms with Gasteiger partial charge in [0.05, 0.1) is 13.1 Å². The van der Waals surface area contributed by atoms with E-state index in [2.05, 4.69) is 30.3 Å². The molecule has 2 aliphatic heterocycles. The fraction of sp³-hybridized carbons (Fsp3) is 0.750. The molecule has 0 spiro atoms. The summed E-state index contributed by atoms with van der Waals surface area (Å²) in [5.74, 6) is 2.50. The van der Waals surface area contributed by atoms with Crippen LogP contribution in [-0.2, 0) is 22.7 Å². The van der Waals surface area contributed by atoms with Crippen LogP contribution in [0.15, 0.2) is 0 Å². The maximum absolute atomic E-state index is 12.3. The van der Waals surface area contributed by atoms with E-state index in [4.69, 9.17) is 0 Å². The molecule has 3 heterocycles. The summed E-state index contributed by atoms with van der Waals surface area (Å²) in [6, 6.07) is -0.394. The average molecular weight is 332 g/mol. The fourth-order valence-corrected chi connectivity index (χ4v) is 3.53. The van der Waals surface area contributed by atoms with Crippen LogP contribution in [0.2, 0.25) is 0 Å². The van der Waals surface area contributed by atoms with Gasteiger partial charge in [0.15, 0.2) is 0 Å². The predicted octanol–water partition coefficient (Wildman–Crippen LogP) is -0.244. The fourth-order valence-electron chi connectivity index (χ4n) is 3.53. The Labute approximate surface area is 141 Å². The van der Waals surface area contributed by atoms with E-state index in [0.717, 1.165) is 44.0 Å². The molecule has 3 aliphatic rings. The van der Waals surface area contributed by atoms with Gasteiger partial charge in [-0.3, -0.25) is 14.5 Å². The van der Waals surface area contributed by atoms with E-state index < -0.39 is 6.04 Å². The van der Waals surface area contributed by atoms with Crippen molar-refractivity contribution in [3.63, 3.8) is 0 Å². The van der Waals surface area contributed by atoms with Crippen molar-refractivity contribution in [2.45, 2.75) is 57.2 Å². The van der Waals surface area contributed by atoms with E-state index in [0.29, 0.717) is 25.6 Å². The molecule has 0 aromatic carbocycles. The Morgan fingerprint density at radius 3 is 2.92 bits per heavy atom. The molecule has 1 saturated heterocycles. The third-order valence-electron chi connectivity index (χ3n) is 5.04. The van der Waals surface area contributed by atoms with Crippen LogP contribution in [0, 0.1) is 0 Å². The quantitative estimate of drug-likeness (QED) is 0.794. The Morgan fingerprint density at radius 2 is 2.08 bits per heavy atom. The van der Waals surface area contributed by atoms with Crippen molar-refractivity contribution in [2.75, 3.05) is 19.6 Å². The van der Waals surface area contributed by atoms with E-state index in [1.165, 1.54) is 12.8 Å². The number of hydrogen-bond acceptors (Lipinski definition) is 5. The van der Waals surface area contributed by atoms with E-state index in [1.807, 2.05) is 0 Å². The molecule has 1 aliphatic carbocycles. The molecular formula is C16H24N6O2. The molecule has 1 aromatic rings. The van der Waals surface area contributed by atoms with Crippen LogP contribution in [-0.4, -0.2) is 57.2 Å². The van der Waals surface area contributed by atoms with Gasteiger partial charge in [-0.05, 0) is 32.1 Å². The summed E-state index contributed by atoms with van der Waals surface area (Å²) in [5, 5.41) is 14.3. The van der Waals surface area contributed by atoms with Crippen molar-refractivity contribution < 1.29 is 9.59 Å². The second-order valence-electron chi connectivity index (χ2n) is 7.02. The van der Waals surface area contributed by atoms with Gasteiger partial charge in [0.1, 0.15) is 17.7 Å². The number of nitrogens with zero attached hydrogens (tertiary/aromatic N) is 4. The lowest BCUT2D eigenvalue weighted by Gasteiger charge is -2.27. The second-order valence-corrected chi connectivity index (χ2v) is 7.02. The van der Waals surface area contributed by atoms with E-state index >= 15 is 0 Å². The molecule has 0 unspecified atom stereocenters. The van der Waals surface area contributed by atoms with Crippen molar-refractivity contribution in [1.29, 1.82) is 0 Å². The lowest BCUT2D eigenvalue weighted by atomic mass is 10.1. The minimum absolute atomic E-state index is 0.0617. The Bertz CT molecular complexity index is 639. The Kier molecular flexibility index (Phi) is 4.22. The van der Waals surface area contributed by atoms with Crippen LogP contribution in [0.25, 0.3) is 0 Å². The summed E-state index contributed by atoms with van der Waals surface area (Å²) in [4.78, 5) is 26.3. The number of fused-ring (bicyclic) bond motifs is 1. The largest absolute Gasteiger partial charge is 0.354 e. The summed E-state index contributed by atoms with van der Waals surface area (Å²) in [5.41, 5.74) is 0. The lowest BCUT2D eigenvalue weighted by molar-refractivity contribution is -0.129. The first-order valence-electron chi connectivity index (χ1n) is 8.92. The van der Waals surface area contributed by atoms with Crippen molar-refractivity contribution in [3.8, 4) is 0 Å². The third kappa shape index (κ3) is 3.28. The monoisotopic (exact) mass is 332 g/mol. The van der Waals surface area contributed by atoms with E-state index in [1.54, 1.807) is 0 Å². The van der Waals surface area contributed by atoms with E-state index in [-0.39, 0.29) is 11.8 Å². The molecule has 8 heteroatoms. The molecular weight excluding hydrogens is 308 g/mol. The molecule has 2 amide bonds. The Balaban J connectivity index is 1.32. The highest BCUT2D eigenvalue weighted by Gasteiger charge is 2.32. The lowest BCUT2D eigenvalue weighted by Crippen LogP contribution is -2.49. The molecule has 1 atom stereocenters. The van der Waals surface area contributed by atoms with Gasteiger partial charge in [0.25, 0.3) is 0 Å². The normalized spacial score (nSPS) is 24.8. The molecule has 1 aromatic heterocycles. The smallest absolute Gasteiger partial charge is 0.242 e. The Morgan fingerprint density at radius 1 is 1.21 bits per heavy atom. The molecule has 130 valence electrons. The molecule has 1 saturated carbocycles. The maximum Gasteiger partial charge on any atom is 0.242 e. The first-order chi connectivity index (χ1) is 11.7. The molecule has 0 radical (unpaired) electrons. The van der Waals surface area contributed by atoms with Crippen LogP contribution in [0.5, 0.6) is 0 Å². The van der Waals surface area contributed by atoms with Gasteiger partial charge in [-0.15, -0.1) is 10.2 Å². The van der Waals surface area contributed by atoms with Crippen LogP contribution in [0.4, 0.5) is 0 Å². The summed E-state index contributed by atoms with van der Waals surface area (Å²) in [6.07, 6.45) is 5.09. The van der Waals surface area contributed by atoms with Crippen LogP contribution < -0.4 is 10.6 Å². The molecule has 2 fully saturated rings. The molecule has 2 N–H and O–H groups in total. The van der Waals surface area contributed by atoms with Gasteiger partial charge >= 0.3 is 0 Å². The zero-order valence-corrected chi connectivity index (χ0v) is 13.8. The van der Waals surface area contributed by atoms with Gasteiger partial charge in [0, 0.05) is 25.6 Å². The molecule has 4 rings (SSSR count). The van der Waals surface area contributed by atoms with Crippen LogP contribution in [0.1, 0.15) is 49.7 Å². The first-order valence-corrected chi connectivity index (χ1v) is 8.92. The van der Waals surface area contributed by atoms with Gasteiger partial charge in [-0.2, -0.15) is 0 Å². The number of aromatic nitrogens is 3. The number of hydrogen-bond donors (Lipinski definition) is 2. The van der Waals surface area contributed by atoms with Crippen LogP contribution >= 0.6 is 0 Å². The van der Waals surface area contributed by atoms with Gasteiger partial charge < -0.3 is 15.2 Å². The Hall–Kier alpha value is -1.96. The highest BCUT2D eigenvalue weighted by Crippen LogP contribution is 2.39. The number of carbonyl (C=O) groups excluding carboxylic acids is 2. The van der Waals surface area contributed by atoms with Crippen molar-refractivity contribution in [2.24, 2.45) is 0 Å². The summed E-state index contributed by atoms with van der Waals surface area (Å²) >= 11 is 0. The summed E-state index contributed by atoms with van der Waals surface area (Å²) < 4.78 is 2.21. The molecule has 8 nitrogen and oxygen atoms in total. The standard InChI is InChI=1S/C16H24N6O2/c23-14(18-12-3-1-2-6-17-16(12)24)10-21-7-8-22-13(9-21)19-20-15(22)11-4-5-11/h11-12H,1-10H2,(H,17,24)(H,18,23)/t12-/m1/s1. The average Bonchev–Trinajstić information content (AvgIpc) is 3.35. The third-order valence-corrected chi connectivity index (χ3v) is 5.04. The number of nitrogens with one attached hydrogen (secondary N) is 2. The van der Waals surface area contributed by atoms with Crippen molar-refractivity contribution >= 4 is 11.8 Å². The van der Waals surface area contributed by atoms with Crippen LogP contribution in [0.3, 0.4) is 0 Å². The number of amides is 2. The highest BCUT2D eigenvalue weighted by molar-refractivity contribution is 5.88. The zero-order chi connectivity index (χ0) is 16.5. The second kappa shape index (κ2) is 6.51. The van der Waals surface area contributed by atoms with Gasteiger partial charge in [-0.1, -0.05) is 0 Å². The maximum atomic E-state index is 12.3. The topological polar surface area (TPSA) is 92.2 Å². The summed E-state index contributed by atoms with van der Waals surface area (Å²) in [6.45, 7) is 3.30. The minimum Gasteiger partial charge on any atom is -0.354 e.